The van der Waals surface area contributed by atoms with Crippen LogP contribution >= 0.6 is 11.3 Å². The van der Waals surface area contributed by atoms with Crippen LogP contribution < -0.4 is 4.72 Å². The highest BCUT2D eigenvalue weighted by molar-refractivity contribution is 7.91. The first-order valence-electron chi connectivity index (χ1n) is 5.23. The number of carbonyl (C=O) groups is 1. The SMILES string of the molecule is CCc1ccc(S(=O)(=O)NC(COC)C(=O)O)s1. The fourth-order valence-electron chi connectivity index (χ4n) is 1.26. The van der Waals surface area contributed by atoms with E-state index in [1.54, 1.807) is 6.07 Å². The van der Waals surface area contributed by atoms with Crippen LogP contribution in [0.2, 0.25) is 0 Å². The third kappa shape index (κ3) is 3.77. The quantitative estimate of drug-likeness (QED) is 0.771. The third-order valence-electron chi connectivity index (χ3n) is 2.18. The summed E-state index contributed by atoms with van der Waals surface area (Å²) in [6, 6.07) is 1.90. The first kappa shape index (κ1) is 15.1. The van der Waals surface area contributed by atoms with Crippen LogP contribution in [0.15, 0.2) is 16.3 Å². The second-order valence-corrected chi connectivity index (χ2v) is 6.65. The Kier molecular flexibility index (Phi) is 5.27. The zero-order valence-electron chi connectivity index (χ0n) is 10.0. The van der Waals surface area contributed by atoms with Crippen LogP contribution in [0.25, 0.3) is 0 Å². The monoisotopic (exact) mass is 293 g/mol. The maximum atomic E-state index is 11.9. The fourth-order valence-corrected chi connectivity index (χ4v) is 3.75. The van der Waals surface area contributed by atoms with E-state index in [1.165, 1.54) is 13.2 Å². The number of sulfonamides is 1. The van der Waals surface area contributed by atoms with Crippen molar-refractivity contribution in [3.05, 3.63) is 17.0 Å². The van der Waals surface area contributed by atoms with Gasteiger partial charge in [0.2, 0.25) is 0 Å². The summed E-state index contributed by atoms with van der Waals surface area (Å²) < 4.78 is 30.8. The summed E-state index contributed by atoms with van der Waals surface area (Å²) in [4.78, 5) is 11.8. The summed E-state index contributed by atoms with van der Waals surface area (Å²) in [5.74, 6) is -1.27. The van der Waals surface area contributed by atoms with E-state index in [1.807, 2.05) is 6.92 Å². The largest absolute Gasteiger partial charge is 0.480 e. The number of hydrogen-bond acceptors (Lipinski definition) is 5. The van der Waals surface area contributed by atoms with Crippen molar-refractivity contribution >= 4 is 27.3 Å². The molecule has 1 atom stereocenters. The molecule has 102 valence electrons. The predicted octanol–water partition coefficient (Wildman–Crippen LogP) is 0.688. The van der Waals surface area contributed by atoms with Gasteiger partial charge in [-0.25, -0.2) is 8.42 Å². The van der Waals surface area contributed by atoms with Crippen molar-refractivity contribution in [2.45, 2.75) is 23.6 Å². The summed E-state index contributed by atoms with van der Waals surface area (Å²) >= 11 is 1.13. The Balaban J connectivity index is 2.89. The van der Waals surface area contributed by atoms with Crippen LogP contribution in [0.1, 0.15) is 11.8 Å². The van der Waals surface area contributed by atoms with Gasteiger partial charge in [-0.15, -0.1) is 11.3 Å². The Hall–Kier alpha value is -0.960. The van der Waals surface area contributed by atoms with Gasteiger partial charge in [0.25, 0.3) is 10.0 Å². The highest BCUT2D eigenvalue weighted by Crippen LogP contribution is 2.21. The van der Waals surface area contributed by atoms with Crippen molar-refractivity contribution in [1.29, 1.82) is 0 Å². The van der Waals surface area contributed by atoms with Crippen molar-refractivity contribution in [1.82, 2.24) is 4.72 Å². The molecule has 0 saturated carbocycles. The molecule has 6 nitrogen and oxygen atoms in total. The molecule has 0 aromatic carbocycles. The smallest absolute Gasteiger partial charge is 0.324 e. The molecule has 0 aliphatic rings. The Morgan fingerprint density at radius 1 is 1.56 bits per heavy atom. The van der Waals surface area contributed by atoms with E-state index in [2.05, 4.69) is 9.46 Å². The minimum absolute atomic E-state index is 0.113. The molecular formula is C10H15NO5S2. The molecule has 0 radical (unpaired) electrons. The zero-order chi connectivity index (χ0) is 13.8. The van der Waals surface area contributed by atoms with E-state index < -0.39 is 22.0 Å². The lowest BCUT2D eigenvalue weighted by atomic mass is 10.3. The minimum atomic E-state index is -3.81. The van der Waals surface area contributed by atoms with Crippen molar-refractivity contribution in [2.75, 3.05) is 13.7 Å². The van der Waals surface area contributed by atoms with Gasteiger partial charge >= 0.3 is 5.97 Å². The number of nitrogens with one attached hydrogen (secondary N) is 1. The molecule has 0 fully saturated rings. The molecule has 0 spiro atoms. The predicted molar refractivity (Wildman–Crippen MR) is 67.3 cm³/mol. The van der Waals surface area contributed by atoms with E-state index >= 15 is 0 Å². The van der Waals surface area contributed by atoms with Gasteiger partial charge in [-0.2, -0.15) is 4.72 Å². The van der Waals surface area contributed by atoms with E-state index in [0.29, 0.717) is 0 Å². The minimum Gasteiger partial charge on any atom is -0.480 e. The Morgan fingerprint density at radius 3 is 2.67 bits per heavy atom. The van der Waals surface area contributed by atoms with Crippen molar-refractivity contribution in [3.8, 4) is 0 Å². The number of aryl methyl sites for hydroxylation is 1. The van der Waals surface area contributed by atoms with Gasteiger partial charge in [-0.05, 0) is 18.6 Å². The Labute approximate surface area is 110 Å². The van der Waals surface area contributed by atoms with Crippen LogP contribution in [-0.4, -0.2) is 39.3 Å². The first-order valence-corrected chi connectivity index (χ1v) is 7.53. The molecule has 1 unspecified atom stereocenters. The third-order valence-corrected chi connectivity index (χ3v) is 5.37. The fraction of sp³-hybridized carbons (Fsp3) is 0.500. The number of ether oxygens (including phenoxy) is 1. The molecule has 2 N–H and O–H groups in total. The molecule has 0 amide bonds. The van der Waals surface area contributed by atoms with Crippen molar-refractivity contribution in [3.63, 3.8) is 0 Å². The lowest BCUT2D eigenvalue weighted by molar-refractivity contribution is -0.140. The number of thiophene rings is 1. The molecule has 1 rings (SSSR count). The molecule has 1 heterocycles. The summed E-state index contributed by atoms with van der Waals surface area (Å²) in [6.07, 6.45) is 0.737. The average Bonchev–Trinajstić information content (AvgIpc) is 2.77. The number of methoxy groups -OCH3 is 1. The molecule has 18 heavy (non-hydrogen) atoms. The number of carboxylic acids is 1. The molecule has 1 aromatic heterocycles. The summed E-state index contributed by atoms with van der Waals surface area (Å²) in [6.45, 7) is 1.70. The molecular weight excluding hydrogens is 278 g/mol. The number of carboxylic acid groups (broad SMARTS) is 1. The molecule has 0 aliphatic heterocycles. The second-order valence-electron chi connectivity index (χ2n) is 3.54. The van der Waals surface area contributed by atoms with Gasteiger partial charge in [-0.3, -0.25) is 4.79 Å². The summed E-state index contributed by atoms with van der Waals surface area (Å²) in [5, 5.41) is 8.86. The number of rotatable bonds is 7. The maximum absolute atomic E-state index is 11.9. The standard InChI is InChI=1S/C10H15NO5S2/c1-3-7-4-5-9(17-7)18(14,15)11-8(6-16-2)10(12)13/h4-5,8,11H,3,6H2,1-2H3,(H,12,13). The lowest BCUT2D eigenvalue weighted by Gasteiger charge is -2.12. The Morgan fingerprint density at radius 2 is 2.22 bits per heavy atom. The van der Waals surface area contributed by atoms with Gasteiger partial charge in [0.15, 0.2) is 0 Å². The maximum Gasteiger partial charge on any atom is 0.324 e. The van der Waals surface area contributed by atoms with Crippen LogP contribution in [0.3, 0.4) is 0 Å². The van der Waals surface area contributed by atoms with Crippen molar-refractivity contribution in [2.24, 2.45) is 0 Å². The van der Waals surface area contributed by atoms with Gasteiger partial charge in [0.1, 0.15) is 10.3 Å². The highest BCUT2D eigenvalue weighted by Gasteiger charge is 2.26. The van der Waals surface area contributed by atoms with Gasteiger partial charge < -0.3 is 9.84 Å². The van der Waals surface area contributed by atoms with Crippen LogP contribution in [0, 0.1) is 0 Å². The zero-order valence-corrected chi connectivity index (χ0v) is 11.7. The van der Waals surface area contributed by atoms with E-state index in [9.17, 15) is 13.2 Å². The normalized spacial score (nSPS) is 13.4. The second kappa shape index (κ2) is 6.28. The van der Waals surface area contributed by atoms with E-state index in [0.717, 1.165) is 22.6 Å². The molecule has 0 bridgehead atoms. The molecule has 1 aromatic rings. The van der Waals surface area contributed by atoms with E-state index in [4.69, 9.17) is 5.11 Å². The molecule has 8 heteroatoms. The highest BCUT2D eigenvalue weighted by atomic mass is 32.2. The number of hydrogen-bond donors (Lipinski definition) is 2. The molecule has 0 aliphatic carbocycles. The van der Waals surface area contributed by atoms with Gasteiger partial charge in [-0.1, -0.05) is 6.92 Å². The van der Waals surface area contributed by atoms with Gasteiger partial charge in [0, 0.05) is 12.0 Å². The topological polar surface area (TPSA) is 92.7 Å². The summed E-state index contributed by atoms with van der Waals surface area (Å²) in [7, 11) is -2.50. The van der Waals surface area contributed by atoms with Gasteiger partial charge in [0.05, 0.1) is 6.61 Å². The first-order chi connectivity index (χ1) is 8.40. The summed E-state index contributed by atoms with van der Waals surface area (Å²) in [5.41, 5.74) is 0. The molecule has 0 saturated heterocycles. The Bertz CT molecular complexity index is 508. The van der Waals surface area contributed by atoms with Crippen LogP contribution in [0.5, 0.6) is 0 Å². The van der Waals surface area contributed by atoms with Crippen LogP contribution in [-0.2, 0) is 26.0 Å². The van der Waals surface area contributed by atoms with E-state index in [-0.39, 0.29) is 10.8 Å². The van der Waals surface area contributed by atoms with Crippen molar-refractivity contribution < 1.29 is 23.1 Å². The average molecular weight is 293 g/mol. The lowest BCUT2D eigenvalue weighted by Crippen LogP contribution is -2.43. The van der Waals surface area contributed by atoms with Crippen LogP contribution in [0.4, 0.5) is 0 Å². The number of aliphatic carboxylic acids is 1.